The molecule has 0 saturated heterocycles. The van der Waals surface area contributed by atoms with Gasteiger partial charge < -0.3 is 14.1 Å². The zero-order chi connectivity index (χ0) is 15.4. The number of carbonyl (C=O) groups excluding carboxylic acids is 2. The van der Waals surface area contributed by atoms with E-state index in [2.05, 4.69) is 4.74 Å². The van der Waals surface area contributed by atoms with Crippen LogP contribution in [0.3, 0.4) is 0 Å². The van der Waals surface area contributed by atoms with E-state index < -0.39 is 5.97 Å². The SMILES string of the molecule is COC(=O)c1cc(CN(C)C(=O)c2ccccc2)oc1C. The summed E-state index contributed by atoms with van der Waals surface area (Å²) in [6.45, 7) is 1.97. The lowest BCUT2D eigenvalue weighted by Gasteiger charge is -2.15. The zero-order valence-electron chi connectivity index (χ0n) is 12.3. The first-order valence-electron chi connectivity index (χ1n) is 6.51. The van der Waals surface area contributed by atoms with Crippen LogP contribution in [0, 0.1) is 6.92 Å². The maximum atomic E-state index is 12.2. The van der Waals surface area contributed by atoms with Gasteiger partial charge in [-0.2, -0.15) is 0 Å². The molecule has 110 valence electrons. The molecule has 0 spiro atoms. The average molecular weight is 287 g/mol. The first kappa shape index (κ1) is 14.8. The van der Waals surface area contributed by atoms with Crippen molar-refractivity contribution in [3.63, 3.8) is 0 Å². The van der Waals surface area contributed by atoms with Crippen molar-refractivity contribution in [2.75, 3.05) is 14.2 Å². The van der Waals surface area contributed by atoms with Gasteiger partial charge in [-0.05, 0) is 25.1 Å². The number of methoxy groups -OCH3 is 1. The topological polar surface area (TPSA) is 59.8 Å². The molecule has 1 heterocycles. The number of aryl methyl sites for hydroxylation is 1. The third-order valence-corrected chi connectivity index (χ3v) is 3.13. The Labute approximate surface area is 123 Å². The van der Waals surface area contributed by atoms with Gasteiger partial charge in [-0.25, -0.2) is 4.79 Å². The van der Waals surface area contributed by atoms with Gasteiger partial charge in [0.1, 0.15) is 17.1 Å². The maximum Gasteiger partial charge on any atom is 0.341 e. The number of carbonyl (C=O) groups is 2. The van der Waals surface area contributed by atoms with E-state index in [9.17, 15) is 9.59 Å². The van der Waals surface area contributed by atoms with Crippen LogP contribution in [-0.4, -0.2) is 30.9 Å². The summed E-state index contributed by atoms with van der Waals surface area (Å²) in [5.74, 6) is 0.473. The fourth-order valence-electron chi connectivity index (χ4n) is 2.04. The number of esters is 1. The molecule has 21 heavy (non-hydrogen) atoms. The van der Waals surface area contributed by atoms with E-state index in [0.717, 1.165) is 0 Å². The highest BCUT2D eigenvalue weighted by Crippen LogP contribution is 2.17. The predicted molar refractivity (Wildman–Crippen MR) is 77.0 cm³/mol. The van der Waals surface area contributed by atoms with Crippen LogP contribution in [-0.2, 0) is 11.3 Å². The van der Waals surface area contributed by atoms with E-state index in [1.807, 2.05) is 18.2 Å². The number of amides is 1. The number of furan rings is 1. The van der Waals surface area contributed by atoms with Crippen molar-refractivity contribution >= 4 is 11.9 Å². The normalized spacial score (nSPS) is 10.2. The highest BCUT2D eigenvalue weighted by molar-refractivity contribution is 5.94. The fraction of sp³-hybridized carbons (Fsp3) is 0.250. The van der Waals surface area contributed by atoms with Crippen molar-refractivity contribution in [1.29, 1.82) is 0 Å². The van der Waals surface area contributed by atoms with Crippen LogP contribution in [0.2, 0.25) is 0 Å². The Balaban J connectivity index is 2.11. The van der Waals surface area contributed by atoms with Gasteiger partial charge in [0.15, 0.2) is 0 Å². The highest BCUT2D eigenvalue weighted by Gasteiger charge is 2.18. The average Bonchev–Trinajstić information content (AvgIpc) is 2.87. The number of hydrogen-bond donors (Lipinski definition) is 0. The molecule has 0 radical (unpaired) electrons. The second-order valence-corrected chi connectivity index (χ2v) is 4.70. The summed E-state index contributed by atoms with van der Waals surface area (Å²) in [5, 5.41) is 0. The minimum Gasteiger partial charge on any atom is -0.465 e. The molecule has 0 aliphatic rings. The Morgan fingerprint density at radius 2 is 1.90 bits per heavy atom. The zero-order valence-corrected chi connectivity index (χ0v) is 12.3. The Bertz CT molecular complexity index is 646. The molecule has 0 fully saturated rings. The third kappa shape index (κ3) is 3.31. The van der Waals surface area contributed by atoms with E-state index in [0.29, 0.717) is 22.6 Å². The second kappa shape index (κ2) is 6.26. The maximum absolute atomic E-state index is 12.2. The molecular formula is C16H17NO4. The number of hydrogen-bond acceptors (Lipinski definition) is 4. The largest absolute Gasteiger partial charge is 0.465 e. The van der Waals surface area contributed by atoms with Crippen molar-refractivity contribution in [2.24, 2.45) is 0 Å². The number of rotatable bonds is 4. The highest BCUT2D eigenvalue weighted by atomic mass is 16.5. The lowest BCUT2D eigenvalue weighted by molar-refractivity contribution is 0.0598. The molecule has 2 rings (SSSR count). The molecule has 5 nitrogen and oxygen atoms in total. The molecule has 2 aromatic rings. The molecule has 0 aliphatic heterocycles. The van der Waals surface area contributed by atoms with Gasteiger partial charge in [0, 0.05) is 12.6 Å². The molecule has 0 bridgehead atoms. The fourth-order valence-corrected chi connectivity index (χ4v) is 2.04. The minimum atomic E-state index is -0.445. The van der Waals surface area contributed by atoms with Crippen molar-refractivity contribution in [1.82, 2.24) is 4.90 Å². The lowest BCUT2D eigenvalue weighted by Crippen LogP contribution is -2.25. The van der Waals surface area contributed by atoms with Crippen LogP contribution < -0.4 is 0 Å². The van der Waals surface area contributed by atoms with Crippen molar-refractivity contribution in [3.8, 4) is 0 Å². The van der Waals surface area contributed by atoms with Crippen LogP contribution >= 0.6 is 0 Å². The number of ether oxygens (including phenoxy) is 1. The summed E-state index contributed by atoms with van der Waals surface area (Å²) >= 11 is 0. The molecule has 1 aromatic carbocycles. The summed E-state index contributed by atoms with van der Waals surface area (Å²) in [6, 6.07) is 10.6. The molecule has 0 N–H and O–H groups in total. The quantitative estimate of drug-likeness (QED) is 0.811. The Hall–Kier alpha value is -2.56. The number of benzene rings is 1. The van der Waals surface area contributed by atoms with Crippen LogP contribution in [0.5, 0.6) is 0 Å². The van der Waals surface area contributed by atoms with Gasteiger partial charge in [0.25, 0.3) is 5.91 Å². The van der Waals surface area contributed by atoms with E-state index >= 15 is 0 Å². The smallest absolute Gasteiger partial charge is 0.341 e. The van der Waals surface area contributed by atoms with Gasteiger partial charge in [-0.15, -0.1) is 0 Å². The molecule has 5 heteroatoms. The third-order valence-electron chi connectivity index (χ3n) is 3.13. The molecule has 0 aliphatic carbocycles. The summed E-state index contributed by atoms with van der Waals surface area (Å²) in [7, 11) is 3.00. The van der Waals surface area contributed by atoms with E-state index in [1.54, 1.807) is 32.2 Å². The van der Waals surface area contributed by atoms with Gasteiger partial charge in [-0.3, -0.25) is 4.79 Å². The summed E-state index contributed by atoms with van der Waals surface area (Å²) in [4.78, 5) is 25.3. The predicted octanol–water partition coefficient (Wildman–Crippen LogP) is 2.65. The first-order valence-corrected chi connectivity index (χ1v) is 6.51. The summed E-state index contributed by atoms with van der Waals surface area (Å²) < 4.78 is 10.2. The van der Waals surface area contributed by atoms with E-state index in [1.165, 1.54) is 12.0 Å². The van der Waals surface area contributed by atoms with Crippen LogP contribution in [0.15, 0.2) is 40.8 Å². The standard InChI is InChI=1S/C16H17NO4/c1-11-14(16(19)20-3)9-13(21-11)10-17(2)15(18)12-7-5-4-6-8-12/h4-9H,10H2,1-3H3. The molecular weight excluding hydrogens is 270 g/mol. The molecule has 1 aromatic heterocycles. The summed E-state index contributed by atoms with van der Waals surface area (Å²) in [6.07, 6.45) is 0. The Morgan fingerprint density at radius 1 is 1.24 bits per heavy atom. The van der Waals surface area contributed by atoms with Crippen molar-refractivity contribution in [2.45, 2.75) is 13.5 Å². The molecule has 0 saturated carbocycles. The second-order valence-electron chi connectivity index (χ2n) is 4.70. The van der Waals surface area contributed by atoms with Crippen LogP contribution in [0.25, 0.3) is 0 Å². The molecule has 0 atom stereocenters. The van der Waals surface area contributed by atoms with Gasteiger partial charge in [0.2, 0.25) is 0 Å². The molecule has 0 unspecified atom stereocenters. The van der Waals surface area contributed by atoms with Crippen LogP contribution in [0.1, 0.15) is 32.2 Å². The Kier molecular flexibility index (Phi) is 4.42. The first-order chi connectivity index (χ1) is 10.0. The van der Waals surface area contributed by atoms with Gasteiger partial charge in [0.05, 0.1) is 13.7 Å². The van der Waals surface area contributed by atoms with Gasteiger partial charge in [-0.1, -0.05) is 18.2 Å². The number of nitrogens with zero attached hydrogens (tertiary/aromatic N) is 1. The Morgan fingerprint density at radius 3 is 2.52 bits per heavy atom. The van der Waals surface area contributed by atoms with E-state index in [-0.39, 0.29) is 12.5 Å². The van der Waals surface area contributed by atoms with Crippen molar-refractivity contribution in [3.05, 3.63) is 59.0 Å². The van der Waals surface area contributed by atoms with Crippen molar-refractivity contribution < 1.29 is 18.7 Å². The lowest BCUT2D eigenvalue weighted by atomic mass is 10.2. The van der Waals surface area contributed by atoms with Gasteiger partial charge >= 0.3 is 5.97 Å². The van der Waals surface area contributed by atoms with E-state index in [4.69, 9.17) is 4.42 Å². The molecule has 1 amide bonds. The summed E-state index contributed by atoms with van der Waals surface area (Å²) in [5.41, 5.74) is 0.990. The monoisotopic (exact) mass is 287 g/mol. The van der Waals surface area contributed by atoms with Crippen LogP contribution in [0.4, 0.5) is 0 Å². The minimum absolute atomic E-state index is 0.107.